The van der Waals surface area contributed by atoms with Gasteiger partial charge in [0.05, 0.1) is 23.9 Å². The third-order valence-electron chi connectivity index (χ3n) is 2.73. The summed E-state index contributed by atoms with van der Waals surface area (Å²) in [7, 11) is 3.56. The Kier molecular flexibility index (Phi) is 4.45. The first-order chi connectivity index (χ1) is 7.97. The van der Waals surface area contributed by atoms with Crippen LogP contribution in [0.1, 0.15) is 23.0 Å². The number of hydrogen-bond acceptors (Lipinski definition) is 4. The first-order valence-corrected chi connectivity index (χ1v) is 5.40. The second kappa shape index (κ2) is 5.63. The second-order valence-corrected chi connectivity index (χ2v) is 4.02. The molecule has 94 valence electrons. The number of aromatic nitrogens is 1. The van der Waals surface area contributed by atoms with Gasteiger partial charge < -0.3 is 14.7 Å². The molecule has 17 heavy (non-hydrogen) atoms. The molecule has 0 aliphatic heterocycles. The van der Waals surface area contributed by atoms with Gasteiger partial charge in [0, 0.05) is 14.2 Å². The lowest BCUT2D eigenvalue weighted by Crippen LogP contribution is -2.33. The summed E-state index contributed by atoms with van der Waals surface area (Å²) in [6.45, 7) is 4.31. The van der Waals surface area contributed by atoms with E-state index in [1.807, 2.05) is 18.9 Å². The average molecular weight is 238 g/mol. The maximum absolute atomic E-state index is 10.9. The van der Waals surface area contributed by atoms with Crippen LogP contribution in [0.25, 0.3) is 0 Å². The molecule has 1 aromatic heterocycles. The van der Waals surface area contributed by atoms with Crippen LogP contribution in [0.5, 0.6) is 0 Å². The van der Waals surface area contributed by atoms with Gasteiger partial charge in [0.25, 0.3) is 0 Å². The molecule has 0 saturated carbocycles. The predicted octanol–water partition coefficient (Wildman–Crippen LogP) is 1.56. The molecule has 1 atom stereocenters. The van der Waals surface area contributed by atoms with E-state index < -0.39 is 5.97 Å². The van der Waals surface area contributed by atoms with Crippen LogP contribution in [0, 0.1) is 6.92 Å². The van der Waals surface area contributed by atoms with Crippen LogP contribution in [0.2, 0.25) is 0 Å². The first kappa shape index (κ1) is 13.4. The highest BCUT2D eigenvalue weighted by atomic mass is 16.5. The Morgan fingerprint density at radius 3 is 2.71 bits per heavy atom. The third kappa shape index (κ3) is 3.17. The lowest BCUT2D eigenvalue weighted by Gasteiger charge is -2.25. The third-order valence-corrected chi connectivity index (χ3v) is 2.73. The van der Waals surface area contributed by atoms with Gasteiger partial charge in [-0.25, -0.2) is 9.78 Å². The van der Waals surface area contributed by atoms with Gasteiger partial charge in [-0.15, -0.1) is 0 Å². The van der Waals surface area contributed by atoms with E-state index in [-0.39, 0.29) is 11.6 Å². The van der Waals surface area contributed by atoms with E-state index in [1.54, 1.807) is 26.2 Å². The van der Waals surface area contributed by atoms with Gasteiger partial charge in [0.2, 0.25) is 0 Å². The van der Waals surface area contributed by atoms with Crippen LogP contribution < -0.4 is 4.90 Å². The second-order valence-electron chi connectivity index (χ2n) is 4.02. The van der Waals surface area contributed by atoms with E-state index >= 15 is 0 Å². The largest absolute Gasteiger partial charge is 0.478 e. The highest BCUT2D eigenvalue weighted by molar-refractivity contribution is 5.89. The first-order valence-electron chi connectivity index (χ1n) is 5.40. The molecule has 1 heterocycles. The highest BCUT2D eigenvalue weighted by Gasteiger charge is 2.14. The zero-order chi connectivity index (χ0) is 13.0. The van der Waals surface area contributed by atoms with Gasteiger partial charge in [-0.2, -0.15) is 0 Å². The van der Waals surface area contributed by atoms with Crippen molar-refractivity contribution in [2.75, 3.05) is 25.7 Å². The van der Waals surface area contributed by atoms with E-state index in [1.165, 1.54) is 0 Å². The zero-order valence-corrected chi connectivity index (χ0v) is 10.6. The van der Waals surface area contributed by atoms with E-state index in [4.69, 9.17) is 9.84 Å². The number of nitrogens with zero attached hydrogens (tertiary/aromatic N) is 2. The summed E-state index contributed by atoms with van der Waals surface area (Å²) in [4.78, 5) is 17.1. The van der Waals surface area contributed by atoms with Crippen molar-refractivity contribution < 1.29 is 14.6 Å². The minimum atomic E-state index is -0.950. The Labute approximate surface area is 101 Å². The number of ether oxygens (including phenoxy) is 1. The average Bonchev–Trinajstić information content (AvgIpc) is 2.27. The van der Waals surface area contributed by atoms with Gasteiger partial charge in [-0.1, -0.05) is 0 Å². The Bertz CT molecular complexity index is 407. The number of rotatable bonds is 5. The van der Waals surface area contributed by atoms with Crippen LogP contribution in [-0.4, -0.2) is 42.9 Å². The summed E-state index contributed by atoms with van der Waals surface area (Å²) in [6.07, 6.45) is 0. The van der Waals surface area contributed by atoms with Crippen molar-refractivity contribution in [2.45, 2.75) is 19.9 Å². The Hall–Kier alpha value is -1.62. The standard InChI is InChI=1S/C12H18N2O3/c1-8(7-17-4)14(3)11-6-5-10(12(15)16)9(2)13-11/h5-6,8H,7H2,1-4H3,(H,15,16). The predicted molar refractivity (Wildman–Crippen MR) is 65.7 cm³/mol. The molecular formula is C12H18N2O3. The SMILES string of the molecule is COCC(C)N(C)c1ccc(C(=O)O)c(C)n1. The summed E-state index contributed by atoms with van der Waals surface area (Å²) in [5.74, 6) is -0.203. The van der Waals surface area contributed by atoms with E-state index in [0.717, 1.165) is 5.82 Å². The summed E-state index contributed by atoms with van der Waals surface area (Å²) < 4.78 is 5.07. The zero-order valence-electron chi connectivity index (χ0n) is 10.6. The van der Waals surface area contributed by atoms with E-state index in [9.17, 15) is 4.79 Å². The number of anilines is 1. The fraction of sp³-hybridized carbons (Fsp3) is 0.500. The van der Waals surface area contributed by atoms with Gasteiger partial charge in [-0.05, 0) is 26.0 Å². The fourth-order valence-electron chi connectivity index (χ4n) is 1.55. The highest BCUT2D eigenvalue weighted by Crippen LogP contribution is 2.15. The van der Waals surface area contributed by atoms with Crippen LogP contribution in [0.3, 0.4) is 0 Å². The van der Waals surface area contributed by atoms with Crippen LogP contribution in [-0.2, 0) is 4.74 Å². The molecule has 1 rings (SSSR count). The molecule has 0 aliphatic rings. The molecule has 0 amide bonds. The molecule has 0 radical (unpaired) electrons. The number of carboxylic acid groups (broad SMARTS) is 1. The fourth-order valence-corrected chi connectivity index (χ4v) is 1.55. The van der Waals surface area contributed by atoms with E-state index in [2.05, 4.69) is 4.98 Å². The Morgan fingerprint density at radius 1 is 1.59 bits per heavy atom. The molecule has 1 aromatic rings. The lowest BCUT2D eigenvalue weighted by molar-refractivity contribution is 0.0695. The van der Waals surface area contributed by atoms with Crippen molar-refractivity contribution >= 4 is 11.8 Å². The number of carbonyl (C=O) groups is 1. The van der Waals surface area contributed by atoms with Crippen molar-refractivity contribution in [3.63, 3.8) is 0 Å². The van der Waals surface area contributed by atoms with Gasteiger partial charge >= 0.3 is 5.97 Å². The number of hydrogen-bond donors (Lipinski definition) is 1. The monoisotopic (exact) mass is 238 g/mol. The minimum Gasteiger partial charge on any atom is -0.478 e. The topological polar surface area (TPSA) is 62.7 Å². The lowest BCUT2D eigenvalue weighted by atomic mass is 10.2. The molecule has 0 aromatic carbocycles. The van der Waals surface area contributed by atoms with Crippen molar-refractivity contribution in [2.24, 2.45) is 0 Å². The molecule has 1 N–H and O–H groups in total. The maximum Gasteiger partial charge on any atom is 0.337 e. The van der Waals surface area contributed by atoms with Crippen molar-refractivity contribution in [1.82, 2.24) is 4.98 Å². The Balaban J connectivity index is 2.93. The van der Waals surface area contributed by atoms with Crippen molar-refractivity contribution in [1.29, 1.82) is 0 Å². The number of pyridine rings is 1. The van der Waals surface area contributed by atoms with Crippen LogP contribution in [0.15, 0.2) is 12.1 Å². The van der Waals surface area contributed by atoms with Gasteiger partial charge in [-0.3, -0.25) is 0 Å². The van der Waals surface area contributed by atoms with E-state index in [0.29, 0.717) is 12.3 Å². The number of methoxy groups -OCH3 is 1. The van der Waals surface area contributed by atoms with Crippen molar-refractivity contribution in [3.05, 3.63) is 23.4 Å². The molecular weight excluding hydrogens is 220 g/mol. The molecule has 0 aliphatic carbocycles. The summed E-state index contributed by atoms with van der Waals surface area (Å²) >= 11 is 0. The summed E-state index contributed by atoms with van der Waals surface area (Å²) in [5.41, 5.74) is 0.757. The molecule has 5 nitrogen and oxygen atoms in total. The molecule has 0 fully saturated rings. The number of aromatic carboxylic acids is 1. The smallest absolute Gasteiger partial charge is 0.337 e. The minimum absolute atomic E-state index is 0.183. The van der Waals surface area contributed by atoms with Crippen molar-refractivity contribution in [3.8, 4) is 0 Å². The quantitative estimate of drug-likeness (QED) is 0.843. The number of likely N-dealkylation sites (N-methyl/N-ethyl adjacent to an activating group) is 1. The summed E-state index contributed by atoms with van der Waals surface area (Å²) in [5, 5.41) is 8.91. The molecule has 1 unspecified atom stereocenters. The molecule has 0 bridgehead atoms. The van der Waals surface area contributed by atoms with Crippen LogP contribution >= 0.6 is 0 Å². The summed E-state index contributed by atoms with van der Waals surface area (Å²) in [6, 6.07) is 3.47. The molecule has 0 saturated heterocycles. The number of aryl methyl sites for hydroxylation is 1. The van der Waals surface area contributed by atoms with Gasteiger partial charge in [0.15, 0.2) is 0 Å². The molecule has 0 spiro atoms. The molecule has 5 heteroatoms. The maximum atomic E-state index is 10.9. The number of carboxylic acids is 1. The normalized spacial score (nSPS) is 12.2. The van der Waals surface area contributed by atoms with Gasteiger partial charge in [0.1, 0.15) is 5.82 Å². The van der Waals surface area contributed by atoms with Crippen LogP contribution in [0.4, 0.5) is 5.82 Å². The Morgan fingerprint density at radius 2 is 2.24 bits per heavy atom.